The third kappa shape index (κ3) is 3.72. The summed E-state index contributed by atoms with van der Waals surface area (Å²) in [5.74, 6) is -0.152. The van der Waals surface area contributed by atoms with Gasteiger partial charge in [0.15, 0.2) is 0 Å². The molecule has 1 fully saturated rings. The maximum atomic E-state index is 12.4. The van der Waals surface area contributed by atoms with Crippen LogP contribution in [0.2, 0.25) is 0 Å². The summed E-state index contributed by atoms with van der Waals surface area (Å²) in [4.78, 5) is 13.7. The summed E-state index contributed by atoms with van der Waals surface area (Å²) in [6.07, 6.45) is -2.44. The molecule has 20 heavy (non-hydrogen) atoms. The van der Waals surface area contributed by atoms with Crippen molar-refractivity contribution >= 4 is 5.91 Å². The fraction of sp³-hybridized carbons (Fsp3) is 0.500. The molecule has 1 aromatic carbocycles. The molecule has 0 spiro atoms. The summed E-state index contributed by atoms with van der Waals surface area (Å²) in [7, 11) is 0. The van der Waals surface area contributed by atoms with Crippen molar-refractivity contribution in [2.75, 3.05) is 13.2 Å². The van der Waals surface area contributed by atoms with Gasteiger partial charge < -0.3 is 10.0 Å². The monoisotopic (exact) mass is 287 g/mol. The smallest absolute Gasteiger partial charge is 0.395 e. The van der Waals surface area contributed by atoms with Crippen molar-refractivity contribution < 1.29 is 23.1 Å². The number of amides is 1. The number of aliphatic hydroxyl groups is 1. The normalized spacial score (nSPS) is 15.2. The lowest BCUT2D eigenvalue weighted by atomic mass is 10.1. The van der Waals surface area contributed by atoms with Gasteiger partial charge in [0.25, 0.3) is 0 Å². The Morgan fingerprint density at radius 1 is 1.25 bits per heavy atom. The van der Waals surface area contributed by atoms with E-state index >= 15 is 0 Å². The van der Waals surface area contributed by atoms with E-state index in [1.54, 1.807) is 4.90 Å². The molecule has 1 N–H and O–H groups in total. The summed E-state index contributed by atoms with van der Waals surface area (Å²) in [5, 5.41) is 8.94. The van der Waals surface area contributed by atoms with Gasteiger partial charge in [-0.2, -0.15) is 13.2 Å². The molecule has 1 aliphatic rings. The van der Waals surface area contributed by atoms with Crippen LogP contribution in [0.5, 0.6) is 0 Å². The molecule has 0 saturated heterocycles. The minimum Gasteiger partial charge on any atom is -0.395 e. The highest BCUT2D eigenvalue weighted by Crippen LogP contribution is 2.30. The Bertz CT molecular complexity index is 466. The van der Waals surface area contributed by atoms with Crippen molar-refractivity contribution in [3.8, 4) is 0 Å². The summed E-state index contributed by atoms with van der Waals surface area (Å²) < 4.78 is 37.3. The van der Waals surface area contributed by atoms with Crippen LogP contribution in [0.15, 0.2) is 24.3 Å². The predicted octanol–water partition coefficient (Wildman–Crippen LogP) is 2.23. The van der Waals surface area contributed by atoms with Gasteiger partial charge in [0, 0.05) is 12.6 Å². The zero-order valence-corrected chi connectivity index (χ0v) is 10.9. The van der Waals surface area contributed by atoms with Crippen molar-refractivity contribution in [2.24, 2.45) is 0 Å². The number of hydrogen-bond acceptors (Lipinski definition) is 2. The highest BCUT2D eigenvalue weighted by Gasteiger charge is 2.32. The lowest BCUT2D eigenvalue weighted by Gasteiger charge is -2.21. The van der Waals surface area contributed by atoms with Crippen LogP contribution in [-0.4, -0.2) is 35.1 Å². The summed E-state index contributed by atoms with van der Waals surface area (Å²) in [6, 6.07) is 4.80. The molecule has 0 unspecified atom stereocenters. The fourth-order valence-corrected chi connectivity index (χ4v) is 2.09. The molecule has 2 rings (SSSR count). The Hall–Kier alpha value is -1.56. The van der Waals surface area contributed by atoms with Crippen LogP contribution in [0.1, 0.15) is 24.0 Å². The molecule has 110 valence electrons. The van der Waals surface area contributed by atoms with Gasteiger partial charge in [0.1, 0.15) is 0 Å². The molecule has 1 aromatic rings. The van der Waals surface area contributed by atoms with Crippen molar-refractivity contribution in [1.82, 2.24) is 4.90 Å². The maximum absolute atomic E-state index is 12.4. The molecule has 0 atom stereocenters. The number of carbonyl (C=O) groups is 1. The van der Waals surface area contributed by atoms with Gasteiger partial charge >= 0.3 is 6.18 Å². The van der Waals surface area contributed by atoms with Gasteiger partial charge in [-0.15, -0.1) is 0 Å². The number of nitrogens with zero attached hydrogens (tertiary/aromatic N) is 1. The largest absolute Gasteiger partial charge is 0.416 e. The van der Waals surface area contributed by atoms with Crippen LogP contribution in [0.3, 0.4) is 0 Å². The number of carbonyl (C=O) groups excluding carboxylic acids is 1. The second-order valence-electron chi connectivity index (χ2n) is 4.91. The molecule has 0 aromatic heterocycles. The summed E-state index contributed by atoms with van der Waals surface area (Å²) >= 11 is 0. The predicted molar refractivity (Wildman–Crippen MR) is 67.0 cm³/mol. The highest BCUT2D eigenvalue weighted by molar-refractivity contribution is 5.79. The third-order valence-corrected chi connectivity index (χ3v) is 3.29. The van der Waals surface area contributed by atoms with E-state index in [0.29, 0.717) is 5.56 Å². The number of aliphatic hydroxyl groups excluding tert-OH is 1. The first-order chi connectivity index (χ1) is 9.41. The van der Waals surface area contributed by atoms with Crippen molar-refractivity contribution in [2.45, 2.75) is 31.5 Å². The Morgan fingerprint density at radius 3 is 2.30 bits per heavy atom. The number of hydrogen-bond donors (Lipinski definition) is 1. The summed E-state index contributed by atoms with van der Waals surface area (Å²) in [5.41, 5.74) is -0.172. The lowest BCUT2D eigenvalue weighted by molar-refractivity contribution is -0.137. The van der Waals surface area contributed by atoms with E-state index in [1.165, 1.54) is 12.1 Å². The first kappa shape index (κ1) is 14.8. The molecule has 1 saturated carbocycles. The van der Waals surface area contributed by atoms with Crippen LogP contribution in [0.4, 0.5) is 13.2 Å². The molecule has 0 heterocycles. The van der Waals surface area contributed by atoms with Crippen molar-refractivity contribution in [3.63, 3.8) is 0 Å². The minimum absolute atomic E-state index is 0.0641. The van der Waals surface area contributed by atoms with Crippen LogP contribution < -0.4 is 0 Å². The molecule has 1 amide bonds. The molecular formula is C14H16F3NO2. The fourth-order valence-electron chi connectivity index (χ4n) is 2.09. The van der Waals surface area contributed by atoms with Gasteiger partial charge in [-0.05, 0) is 30.5 Å². The zero-order valence-electron chi connectivity index (χ0n) is 10.9. The maximum Gasteiger partial charge on any atom is 0.416 e. The van der Waals surface area contributed by atoms with E-state index < -0.39 is 11.7 Å². The van der Waals surface area contributed by atoms with E-state index in [1.807, 2.05) is 0 Å². The average molecular weight is 287 g/mol. The second kappa shape index (κ2) is 5.83. The van der Waals surface area contributed by atoms with E-state index in [0.717, 1.165) is 25.0 Å². The van der Waals surface area contributed by atoms with Crippen LogP contribution in [-0.2, 0) is 17.4 Å². The van der Waals surface area contributed by atoms with Crippen LogP contribution in [0.25, 0.3) is 0 Å². The number of benzene rings is 1. The SMILES string of the molecule is O=C(Cc1ccc(C(F)(F)F)cc1)N(CCO)C1CC1. The standard InChI is InChI=1S/C14H16F3NO2/c15-14(16,17)11-3-1-10(2-4-11)9-13(20)18(7-8-19)12-5-6-12/h1-4,12,19H,5-9H2. The van der Waals surface area contributed by atoms with Crippen molar-refractivity contribution in [3.05, 3.63) is 35.4 Å². The van der Waals surface area contributed by atoms with E-state index in [9.17, 15) is 18.0 Å². The zero-order chi connectivity index (χ0) is 14.8. The molecule has 0 radical (unpaired) electrons. The topological polar surface area (TPSA) is 40.5 Å². The average Bonchev–Trinajstić information content (AvgIpc) is 3.19. The minimum atomic E-state index is -4.36. The van der Waals surface area contributed by atoms with E-state index in [4.69, 9.17) is 5.11 Å². The molecular weight excluding hydrogens is 271 g/mol. The molecule has 1 aliphatic carbocycles. The lowest BCUT2D eigenvalue weighted by Crippen LogP contribution is -2.36. The van der Waals surface area contributed by atoms with Gasteiger partial charge in [-0.1, -0.05) is 12.1 Å². The Labute approximate surface area is 115 Å². The van der Waals surface area contributed by atoms with Crippen molar-refractivity contribution in [1.29, 1.82) is 0 Å². The molecule has 3 nitrogen and oxygen atoms in total. The molecule has 0 bridgehead atoms. The van der Waals surface area contributed by atoms with Gasteiger partial charge in [-0.3, -0.25) is 4.79 Å². The first-order valence-electron chi connectivity index (χ1n) is 6.48. The third-order valence-electron chi connectivity index (χ3n) is 3.29. The van der Waals surface area contributed by atoms with Gasteiger partial charge in [0.2, 0.25) is 5.91 Å². The highest BCUT2D eigenvalue weighted by atomic mass is 19.4. The van der Waals surface area contributed by atoms with Gasteiger partial charge in [0.05, 0.1) is 18.6 Å². The van der Waals surface area contributed by atoms with Gasteiger partial charge in [-0.25, -0.2) is 0 Å². The number of rotatable bonds is 5. The second-order valence-corrected chi connectivity index (χ2v) is 4.91. The number of halogens is 3. The Kier molecular flexibility index (Phi) is 4.32. The first-order valence-corrected chi connectivity index (χ1v) is 6.48. The summed E-state index contributed by atoms with van der Waals surface area (Å²) in [6.45, 7) is 0.180. The van der Waals surface area contributed by atoms with E-state index in [2.05, 4.69) is 0 Å². The molecule has 6 heteroatoms. The van der Waals surface area contributed by atoms with E-state index in [-0.39, 0.29) is 31.5 Å². The van der Waals surface area contributed by atoms with Crippen LogP contribution >= 0.6 is 0 Å². The van der Waals surface area contributed by atoms with Crippen LogP contribution in [0, 0.1) is 0 Å². The number of alkyl halides is 3. The Balaban J connectivity index is 2.00. The quantitative estimate of drug-likeness (QED) is 0.902. The Morgan fingerprint density at radius 2 is 1.85 bits per heavy atom. The molecule has 0 aliphatic heterocycles.